The molecule has 1 heterocycles. The number of benzene rings is 1. The lowest BCUT2D eigenvalue weighted by Crippen LogP contribution is -2.33. The van der Waals surface area contributed by atoms with Gasteiger partial charge in [0, 0.05) is 18.4 Å². The van der Waals surface area contributed by atoms with Gasteiger partial charge in [0.1, 0.15) is 11.3 Å². The van der Waals surface area contributed by atoms with Gasteiger partial charge >= 0.3 is 0 Å². The Morgan fingerprint density at radius 1 is 1.19 bits per heavy atom. The molecule has 0 spiro atoms. The third-order valence-corrected chi connectivity index (χ3v) is 5.64. The summed E-state index contributed by atoms with van der Waals surface area (Å²) in [7, 11) is -3.52. The first-order valence-corrected chi connectivity index (χ1v) is 9.77. The number of aromatic nitrogens is 1. The van der Waals surface area contributed by atoms with E-state index in [2.05, 4.69) is 15.0 Å². The van der Waals surface area contributed by atoms with Crippen molar-refractivity contribution in [3.8, 4) is 0 Å². The smallest absolute Gasteiger partial charge is 0.257 e. The molecule has 0 aliphatic heterocycles. The Morgan fingerprint density at radius 3 is 2.38 bits per heavy atom. The van der Waals surface area contributed by atoms with Crippen LogP contribution in [0.5, 0.6) is 0 Å². The van der Waals surface area contributed by atoms with Gasteiger partial charge in [-0.3, -0.25) is 4.79 Å². The minimum Gasteiger partial charge on any atom is -0.322 e. The van der Waals surface area contributed by atoms with E-state index in [0.29, 0.717) is 16.8 Å². The van der Waals surface area contributed by atoms with Crippen LogP contribution in [0.15, 0.2) is 42.6 Å². The van der Waals surface area contributed by atoms with Gasteiger partial charge in [0.15, 0.2) is 0 Å². The van der Waals surface area contributed by atoms with Crippen molar-refractivity contribution in [2.75, 3.05) is 11.9 Å². The first-order chi connectivity index (χ1) is 12.2. The molecular formula is C17H19ClFN3O3S. The fourth-order valence-corrected chi connectivity index (χ4v) is 2.79. The van der Waals surface area contributed by atoms with Crippen LogP contribution >= 0.6 is 11.6 Å². The average molecular weight is 400 g/mol. The number of nitrogens with one attached hydrogen (secondary N) is 2. The van der Waals surface area contributed by atoms with Crippen molar-refractivity contribution in [3.63, 3.8) is 0 Å². The molecule has 140 valence electrons. The number of anilines is 1. The first-order valence-electron chi connectivity index (χ1n) is 7.84. The van der Waals surface area contributed by atoms with Gasteiger partial charge in [0.25, 0.3) is 5.91 Å². The van der Waals surface area contributed by atoms with E-state index in [-0.39, 0.29) is 17.6 Å². The first kappa shape index (κ1) is 20.3. The lowest BCUT2D eigenvalue weighted by Gasteiger charge is -2.13. The fourth-order valence-electron chi connectivity index (χ4n) is 1.96. The molecule has 0 saturated carbocycles. The van der Waals surface area contributed by atoms with Crippen LogP contribution in [0.25, 0.3) is 0 Å². The largest absolute Gasteiger partial charge is 0.322 e. The Kier molecular flexibility index (Phi) is 6.69. The molecule has 0 radical (unpaired) electrons. The lowest BCUT2D eigenvalue weighted by molar-refractivity contribution is 0.102. The maximum atomic E-state index is 14.2. The zero-order chi connectivity index (χ0) is 19.3. The Balaban J connectivity index is 1.97. The van der Waals surface area contributed by atoms with Gasteiger partial charge in [-0.05, 0) is 43.7 Å². The van der Waals surface area contributed by atoms with Crippen molar-refractivity contribution in [2.45, 2.75) is 25.3 Å². The average Bonchev–Trinajstić information content (AvgIpc) is 2.60. The number of hydrogen-bond donors (Lipinski definition) is 2. The van der Waals surface area contributed by atoms with Crippen LogP contribution in [0.2, 0.25) is 5.15 Å². The molecular weight excluding hydrogens is 381 g/mol. The number of alkyl halides is 1. The van der Waals surface area contributed by atoms with E-state index in [9.17, 15) is 17.6 Å². The SMILES string of the molecule is CC(C)S(=O)(=O)NCC(F)c1ccc(NC(=O)c2ccc(Cl)nc2)cc1. The predicted octanol–water partition coefficient (Wildman–Crippen LogP) is 3.33. The Hall–Kier alpha value is -2.03. The highest BCUT2D eigenvalue weighted by Gasteiger charge is 2.18. The van der Waals surface area contributed by atoms with Gasteiger partial charge in [-0.25, -0.2) is 22.5 Å². The number of nitrogens with zero attached hydrogens (tertiary/aromatic N) is 1. The van der Waals surface area contributed by atoms with Crippen LogP contribution in [0.4, 0.5) is 10.1 Å². The molecule has 6 nitrogen and oxygen atoms in total. The van der Waals surface area contributed by atoms with E-state index < -0.39 is 21.4 Å². The second-order valence-corrected chi connectivity index (χ2v) is 8.56. The number of carbonyl (C=O) groups excluding carboxylic acids is 1. The van der Waals surface area contributed by atoms with Crippen LogP contribution in [0.3, 0.4) is 0 Å². The van der Waals surface area contributed by atoms with Crippen LogP contribution < -0.4 is 10.0 Å². The van der Waals surface area contributed by atoms with Crippen molar-refractivity contribution in [1.82, 2.24) is 9.71 Å². The number of hydrogen-bond acceptors (Lipinski definition) is 4. The number of carbonyl (C=O) groups is 1. The topological polar surface area (TPSA) is 88.2 Å². The van der Waals surface area contributed by atoms with E-state index in [0.717, 1.165) is 0 Å². The molecule has 2 rings (SSSR count). The van der Waals surface area contributed by atoms with E-state index in [1.54, 1.807) is 12.1 Å². The predicted molar refractivity (Wildman–Crippen MR) is 99.5 cm³/mol. The number of sulfonamides is 1. The molecule has 0 saturated heterocycles. The molecule has 1 aromatic heterocycles. The molecule has 0 aliphatic rings. The van der Waals surface area contributed by atoms with E-state index in [4.69, 9.17) is 11.6 Å². The lowest BCUT2D eigenvalue weighted by atomic mass is 10.1. The molecule has 0 bridgehead atoms. The summed E-state index contributed by atoms with van der Waals surface area (Å²) in [6.07, 6.45) is -0.140. The maximum absolute atomic E-state index is 14.2. The summed E-state index contributed by atoms with van der Waals surface area (Å²) in [5, 5.41) is 2.31. The summed E-state index contributed by atoms with van der Waals surface area (Å²) in [6.45, 7) is 2.69. The van der Waals surface area contributed by atoms with Crippen LogP contribution in [0.1, 0.15) is 35.9 Å². The number of rotatable bonds is 7. The summed E-state index contributed by atoms with van der Waals surface area (Å²) in [6, 6.07) is 9.11. The molecule has 0 fully saturated rings. The highest BCUT2D eigenvalue weighted by Crippen LogP contribution is 2.20. The van der Waals surface area contributed by atoms with E-state index in [1.807, 2.05) is 0 Å². The molecule has 1 aromatic carbocycles. The monoisotopic (exact) mass is 399 g/mol. The zero-order valence-electron chi connectivity index (χ0n) is 14.2. The summed E-state index contributed by atoms with van der Waals surface area (Å²) in [5.74, 6) is -0.372. The number of halogens is 2. The molecule has 9 heteroatoms. The minimum absolute atomic E-state index is 0.285. The van der Waals surface area contributed by atoms with Crippen LogP contribution in [-0.2, 0) is 10.0 Å². The molecule has 1 atom stereocenters. The standard InChI is InChI=1S/C17H19ClFN3O3S/c1-11(2)26(24,25)21-10-15(19)12-3-6-14(7-4-12)22-17(23)13-5-8-16(18)20-9-13/h3-9,11,15,21H,10H2,1-2H3,(H,22,23). The molecule has 26 heavy (non-hydrogen) atoms. The maximum Gasteiger partial charge on any atom is 0.257 e. The molecule has 0 aliphatic carbocycles. The number of amides is 1. The van der Waals surface area contributed by atoms with Crippen molar-refractivity contribution >= 4 is 33.2 Å². The highest BCUT2D eigenvalue weighted by molar-refractivity contribution is 7.90. The van der Waals surface area contributed by atoms with Crippen molar-refractivity contribution < 1.29 is 17.6 Å². The van der Waals surface area contributed by atoms with Gasteiger partial charge in [-0.2, -0.15) is 0 Å². The van der Waals surface area contributed by atoms with Gasteiger partial charge in [0.2, 0.25) is 10.0 Å². The van der Waals surface area contributed by atoms with E-state index >= 15 is 0 Å². The summed E-state index contributed by atoms with van der Waals surface area (Å²) < 4.78 is 39.7. The van der Waals surface area contributed by atoms with Gasteiger partial charge < -0.3 is 5.32 Å². The van der Waals surface area contributed by atoms with Gasteiger partial charge in [0.05, 0.1) is 10.8 Å². The van der Waals surface area contributed by atoms with E-state index in [1.165, 1.54) is 44.3 Å². The third-order valence-electron chi connectivity index (χ3n) is 3.60. The fraction of sp³-hybridized carbons (Fsp3) is 0.294. The Labute approximate surface area is 156 Å². The third kappa shape index (κ3) is 5.48. The van der Waals surface area contributed by atoms with Gasteiger partial charge in [-0.15, -0.1) is 0 Å². The second kappa shape index (κ2) is 8.57. The van der Waals surface area contributed by atoms with Crippen molar-refractivity contribution in [2.24, 2.45) is 0 Å². The molecule has 2 N–H and O–H groups in total. The number of pyridine rings is 1. The van der Waals surface area contributed by atoms with Crippen LogP contribution in [-0.4, -0.2) is 31.1 Å². The zero-order valence-corrected chi connectivity index (χ0v) is 15.8. The second-order valence-electron chi connectivity index (χ2n) is 5.86. The Bertz CT molecular complexity index is 856. The van der Waals surface area contributed by atoms with Crippen LogP contribution in [0, 0.1) is 0 Å². The summed E-state index contributed by atoms with van der Waals surface area (Å²) in [4.78, 5) is 15.9. The molecule has 2 aromatic rings. The normalized spacial score (nSPS) is 12.8. The van der Waals surface area contributed by atoms with Crippen molar-refractivity contribution in [3.05, 3.63) is 58.9 Å². The quantitative estimate of drug-likeness (QED) is 0.699. The van der Waals surface area contributed by atoms with Crippen molar-refractivity contribution in [1.29, 1.82) is 0 Å². The summed E-state index contributed by atoms with van der Waals surface area (Å²) in [5.41, 5.74) is 1.12. The minimum atomic E-state index is -3.52. The summed E-state index contributed by atoms with van der Waals surface area (Å²) >= 11 is 5.67. The Morgan fingerprint density at radius 2 is 1.85 bits per heavy atom. The van der Waals surface area contributed by atoms with Gasteiger partial charge in [-0.1, -0.05) is 23.7 Å². The highest BCUT2D eigenvalue weighted by atomic mass is 35.5. The molecule has 1 unspecified atom stereocenters. The molecule has 1 amide bonds.